The number of alkyl halides is 3. The second-order valence-electron chi connectivity index (χ2n) is 8.58. The standard InChI is InChI=1S/C20H25F3NSi/c1-24(14-25(2,3)4)13-16-7-5-6-8-18(16)19(24)15-9-11-17(12-10-15)20(21,22)23/h5-12,19H,13-14H2,1-4H3/q+1/t19-,24+/m0/s1. The summed E-state index contributed by atoms with van der Waals surface area (Å²) in [5, 5.41) is 0. The van der Waals surface area contributed by atoms with E-state index < -0.39 is 19.8 Å². The zero-order valence-corrected chi connectivity index (χ0v) is 16.2. The molecule has 0 fully saturated rings. The molecule has 2 aromatic carbocycles. The molecule has 2 aromatic rings. The van der Waals surface area contributed by atoms with E-state index in [1.165, 1.54) is 23.3 Å². The van der Waals surface area contributed by atoms with Gasteiger partial charge in [0.15, 0.2) is 0 Å². The van der Waals surface area contributed by atoms with Gasteiger partial charge in [-0.2, -0.15) is 13.2 Å². The lowest BCUT2D eigenvalue weighted by Crippen LogP contribution is -2.52. The number of rotatable bonds is 3. The third kappa shape index (κ3) is 3.67. The minimum absolute atomic E-state index is 0.102. The molecular formula is C20H25F3NSi+. The maximum absolute atomic E-state index is 12.9. The van der Waals surface area contributed by atoms with Gasteiger partial charge in [0.2, 0.25) is 0 Å². The SMILES string of the molecule is C[N@+]1(C[Si](C)(C)C)Cc2ccccc2[C@@H]1c1ccc(C(F)(F)F)cc1. The minimum Gasteiger partial charge on any atom is -0.316 e. The first-order chi connectivity index (χ1) is 11.5. The van der Waals surface area contributed by atoms with Crippen molar-refractivity contribution in [2.75, 3.05) is 13.2 Å². The van der Waals surface area contributed by atoms with Crippen molar-refractivity contribution in [2.24, 2.45) is 0 Å². The molecule has 0 N–H and O–H groups in total. The summed E-state index contributed by atoms with van der Waals surface area (Å²) >= 11 is 0. The molecule has 0 radical (unpaired) electrons. The monoisotopic (exact) mass is 364 g/mol. The molecule has 134 valence electrons. The first-order valence-electron chi connectivity index (χ1n) is 8.59. The summed E-state index contributed by atoms with van der Waals surface area (Å²) in [7, 11) is 0.894. The molecule has 0 bridgehead atoms. The second kappa shape index (κ2) is 5.99. The van der Waals surface area contributed by atoms with Gasteiger partial charge in [-0.3, -0.25) is 0 Å². The summed E-state index contributed by atoms with van der Waals surface area (Å²) in [5.41, 5.74) is 2.96. The van der Waals surface area contributed by atoms with Crippen molar-refractivity contribution < 1.29 is 17.7 Å². The van der Waals surface area contributed by atoms with Crippen LogP contribution in [-0.4, -0.2) is 25.8 Å². The Labute approximate surface area is 148 Å². The first kappa shape index (κ1) is 18.2. The maximum Gasteiger partial charge on any atom is 0.416 e. The fraction of sp³-hybridized carbons (Fsp3) is 0.400. The Morgan fingerprint density at radius 3 is 2.16 bits per heavy atom. The summed E-state index contributed by atoms with van der Waals surface area (Å²) in [6.45, 7) is 7.99. The smallest absolute Gasteiger partial charge is 0.316 e. The van der Waals surface area contributed by atoms with Crippen LogP contribution in [0.25, 0.3) is 0 Å². The Bertz CT molecular complexity index is 762. The van der Waals surface area contributed by atoms with E-state index in [0.29, 0.717) is 0 Å². The van der Waals surface area contributed by atoms with Gasteiger partial charge >= 0.3 is 6.18 Å². The molecule has 0 saturated carbocycles. The summed E-state index contributed by atoms with van der Waals surface area (Å²) in [6.07, 6.45) is -3.20. The van der Waals surface area contributed by atoms with E-state index in [4.69, 9.17) is 0 Å². The number of nitrogens with zero attached hydrogens (tertiary/aromatic N) is 1. The molecule has 0 aliphatic carbocycles. The van der Waals surface area contributed by atoms with Gasteiger partial charge in [-0.05, 0) is 12.1 Å². The lowest BCUT2D eigenvalue weighted by atomic mass is 9.96. The van der Waals surface area contributed by atoms with Crippen LogP contribution in [0, 0.1) is 0 Å². The lowest BCUT2D eigenvalue weighted by molar-refractivity contribution is -0.930. The largest absolute Gasteiger partial charge is 0.416 e. The number of fused-ring (bicyclic) bond motifs is 1. The summed E-state index contributed by atoms with van der Waals surface area (Å²) in [5.74, 6) is 0. The fourth-order valence-corrected chi connectivity index (χ4v) is 6.85. The van der Waals surface area contributed by atoms with Crippen molar-refractivity contribution in [3.05, 3.63) is 70.8 Å². The van der Waals surface area contributed by atoms with E-state index in [-0.39, 0.29) is 6.04 Å². The summed E-state index contributed by atoms with van der Waals surface area (Å²) in [4.78, 5) is 0. The quantitative estimate of drug-likeness (QED) is 0.489. The molecular weight excluding hydrogens is 339 g/mol. The lowest BCUT2D eigenvalue weighted by Gasteiger charge is -2.40. The minimum atomic E-state index is -4.29. The van der Waals surface area contributed by atoms with Crippen LogP contribution in [-0.2, 0) is 12.7 Å². The molecule has 5 heteroatoms. The van der Waals surface area contributed by atoms with Crippen molar-refractivity contribution in [3.63, 3.8) is 0 Å². The van der Waals surface area contributed by atoms with Crippen molar-refractivity contribution in [2.45, 2.75) is 38.4 Å². The number of hydrogen-bond acceptors (Lipinski definition) is 0. The van der Waals surface area contributed by atoms with Crippen LogP contribution >= 0.6 is 0 Å². The normalized spacial score (nSPS) is 23.6. The van der Waals surface area contributed by atoms with Crippen LogP contribution in [0.3, 0.4) is 0 Å². The molecule has 1 heterocycles. The second-order valence-corrected chi connectivity index (χ2v) is 14.0. The molecule has 0 amide bonds. The molecule has 0 aromatic heterocycles. The molecule has 0 spiro atoms. The molecule has 3 rings (SSSR count). The number of benzene rings is 2. The molecule has 1 aliphatic heterocycles. The van der Waals surface area contributed by atoms with Crippen LogP contribution < -0.4 is 0 Å². The number of quaternary nitrogens is 1. The van der Waals surface area contributed by atoms with E-state index in [1.807, 2.05) is 12.1 Å². The van der Waals surface area contributed by atoms with Gasteiger partial charge in [-0.15, -0.1) is 0 Å². The average Bonchev–Trinajstić information content (AvgIpc) is 2.75. The average molecular weight is 365 g/mol. The van der Waals surface area contributed by atoms with Crippen molar-refractivity contribution in [1.29, 1.82) is 0 Å². The molecule has 25 heavy (non-hydrogen) atoms. The highest BCUT2D eigenvalue weighted by molar-refractivity contribution is 6.76. The van der Waals surface area contributed by atoms with E-state index in [2.05, 4.69) is 38.8 Å². The van der Waals surface area contributed by atoms with Gasteiger partial charge in [0.25, 0.3) is 0 Å². The predicted molar refractivity (Wildman–Crippen MR) is 97.8 cm³/mol. The van der Waals surface area contributed by atoms with Crippen LogP contribution in [0.5, 0.6) is 0 Å². The van der Waals surface area contributed by atoms with Crippen molar-refractivity contribution >= 4 is 8.07 Å². The van der Waals surface area contributed by atoms with Crippen molar-refractivity contribution in [3.8, 4) is 0 Å². The van der Waals surface area contributed by atoms with E-state index >= 15 is 0 Å². The highest BCUT2D eigenvalue weighted by Crippen LogP contribution is 2.44. The first-order valence-corrected chi connectivity index (χ1v) is 12.3. The third-order valence-electron chi connectivity index (χ3n) is 4.89. The van der Waals surface area contributed by atoms with Crippen LogP contribution in [0.1, 0.15) is 28.3 Å². The van der Waals surface area contributed by atoms with Gasteiger partial charge in [0.1, 0.15) is 20.7 Å². The van der Waals surface area contributed by atoms with Crippen molar-refractivity contribution in [1.82, 2.24) is 0 Å². The third-order valence-corrected chi connectivity index (χ3v) is 6.56. The Kier molecular flexibility index (Phi) is 4.36. The van der Waals surface area contributed by atoms with Gasteiger partial charge in [-0.1, -0.05) is 56.0 Å². The fourth-order valence-electron chi connectivity index (χ4n) is 4.39. The Balaban J connectivity index is 2.06. The van der Waals surface area contributed by atoms with E-state index in [1.54, 1.807) is 12.1 Å². The van der Waals surface area contributed by atoms with E-state index in [9.17, 15) is 13.2 Å². The predicted octanol–water partition coefficient (Wildman–Crippen LogP) is 5.63. The van der Waals surface area contributed by atoms with Crippen LogP contribution in [0.4, 0.5) is 13.2 Å². The maximum atomic E-state index is 12.9. The molecule has 1 nitrogen and oxygen atoms in total. The molecule has 2 atom stereocenters. The van der Waals surface area contributed by atoms with Gasteiger partial charge in [0.05, 0.1) is 18.8 Å². The summed E-state index contributed by atoms with van der Waals surface area (Å²) in [6, 6.07) is 14.2. The van der Waals surface area contributed by atoms with E-state index in [0.717, 1.165) is 22.8 Å². The Morgan fingerprint density at radius 2 is 1.60 bits per heavy atom. The van der Waals surface area contributed by atoms with Gasteiger partial charge < -0.3 is 4.48 Å². The molecule has 0 unspecified atom stereocenters. The zero-order valence-electron chi connectivity index (χ0n) is 15.2. The Hall–Kier alpha value is -1.59. The Morgan fingerprint density at radius 1 is 1.00 bits per heavy atom. The highest BCUT2D eigenvalue weighted by atomic mass is 28.3. The van der Waals surface area contributed by atoms with Crippen LogP contribution in [0.2, 0.25) is 19.6 Å². The number of hydrogen-bond donors (Lipinski definition) is 0. The molecule has 1 aliphatic rings. The topological polar surface area (TPSA) is 0 Å². The summed E-state index contributed by atoms with van der Waals surface area (Å²) < 4.78 is 39.6. The molecule has 0 saturated heterocycles. The highest BCUT2D eigenvalue weighted by Gasteiger charge is 2.45. The van der Waals surface area contributed by atoms with Crippen LogP contribution in [0.15, 0.2) is 48.5 Å². The van der Waals surface area contributed by atoms with Gasteiger partial charge in [-0.25, -0.2) is 0 Å². The van der Waals surface area contributed by atoms with Gasteiger partial charge in [0, 0.05) is 16.7 Å². The number of halogens is 3. The zero-order chi connectivity index (χ0) is 18.5.